The molecule has 0 aliphatic rings. The Morgan fingerprint density at radius 2 is 1.65 bits per heavy atom. The molecule has 1 amide bonds. The van der Waals surface area contributed by atoms with Crippen molar-refractivity contribution in [1.29, 1.82) is 0 Å². The molecule has 3 nitrogen and oxygen atoms in total. The fourth-order valence-electron chi connectivity index (χ4n) is 1.51. The van der Waals surface area contributed by atoms with Gasteiger partial charge in [-0.2, -0.15) is 0 Å². The molecule has 0 aliphatic heterocycles. The lowest BCUT2D eigenvalue weighted by Crippen LogP contribution is -1.79. The number of hydrogen-bond donors (Lipinski definition) is 0. The molecule has 0 bridgehead atoms. The molecule has 0 unspecified atom stereocenters. The number of amides is 1. The molecule has 0 aliphatic carbocycles. The lowest BCUT2D eigenvalue weighted by Gasteiger charge is -2.01. The van der Waals surface area contributed by atoms with Crippen LogP contribution in [0.2, 0.25) is 0 Å². The van der Waals surface area contributed by atoms with Crippen LogP contribution in [0, 0.1) is 0 Å². The Morgan fingerprint density at radius 3 is 2.35 bits per heavy atom. The maximum absolute atomic E-state index is 10.7. The third-order valence-electron chi connectivity index (χ3n) is 2.26. The van der Waals surface area contributed by atoms with Gasteiger partial charge in [0, 0.05) is 6.92 Å². The van der Waals surface area contributed by atoms with Crippen LogP contribution in [0.3, 0.4) is 0 Å². The number of nitrogens with zero attached hydrogens (tertiary/aromatic N) is 2. The number of benzene rings is 2. The van der Waals surface area contributed by atoms with Crippen molar-refractivity contribution in [3.05, 3.63) is 54.6 Å². The van der Waals surface area contributed by atoms with Crippen molar-refractivity contribution in [3.63, 3.8) is 0 Å². The molecule has 3 heteroatoms. The van der Waals surface area contributed by atoms with Gasteiger partial charge in [0.05, 0.1) is 5.69 Å². The average Bonchev–Trinajstić information content (AvgIpc) is 2.38. The van der Waals surface area contributed by atoms with Gasteiger partial charge < -0.3 is 0 Å². The molecular formula is C14H12N2O. The molecular weight excluding hydrogens is 212 g/mol. The van der Waals surface area contributed by atoms with Crippen LogP contribution in [0.15, 0.2) is 64.8 Å². The van der Waals surface area contributed by atoms with Crippen molar-refractivity contribution in [2.45, 2.75) is 6.92 Å². The molecule has 0 N–H and O–H groups in total. The van der Waals surface area contributed by atoms with E-state index in [1.807, 2.05) is 54.6 Å². The predicted octanol–water partition coefficient (Wildman–Crippen LogP) is 3.98. The van der Waals surface area contributed by atoms with Gasteiger partial charge in [0.25, 0.3) is 5.91 Å². The zero-order valence-corrected chi connectivity index (χ0v) is 9.50. The van der Waals surface area contributed by atoms with Crippen molar-refractivity contribution in [2.24, 2.45) is 10.2 Å². The molecule has 2 aromatic carbocycles. The molecule has 0 heterocycles. The number of carbonyl (C=O) groups excluding carboxylic acids is 1. The first kappa shape index (κ1) is 11.2. The maximum atomic E-state index is 10.7. The molecule has 0 aromatic heterocycles. The highest BCUT2D eigenvalue weighted by Gasteiger charge is 1.97. The average molecular weight is 224 g/mol. The van der Waals surface area contributed by atoms with Gasteiger partial charge in [-0.1, -0.05) is 42.5 Å². The molecule has 0 saturated carbocycles. The first-order chi connectivity index (χ1) is 8.25. The largest absolute Gasteiger partial charge is 0.271 e. The lowest BCUT2D eigenvalue weighted by molar-refractivity contribution is -0.116. The highest BCUT2D eigenvalue weighted by molar-refractivity contribution is 5.73. The van der Waals surface area contributed by atoms with Crippen LogP contribution in [0.1, 0.15) is 6.92 Å². The molecule has 2 aromatic rings. The summed E-state index contributed by atoms with van der Waals surface area (Å²) in [7, 11) is 0. The molecule has 84 valence electrons. The molecule has 0 fully saturated rings. The molecule has 0 atom stereocenters. The van der Waals surface area contributed by atoms with Gasteiger partial charge in [-0.25, -0.2) is 0 Å². The van der Waals surface area contributed by atoms with Crippen LogP contribution >= 0.6 is 0 Å². The molecule has 2 rings (SSSR count). The van der Waals surface area contributed by atoms with Gasteiger partial charge in [-0.3, -0.25) is 4.79 Å². The van der Waals surface area contributed by atoms with E-state index in [9.17, 15) is 4.79 Å². The van der Waals surface area contributed by atoms with Crippen molar-refractivity contribution < 1.29 is 4.79 Å². The SMILES string of the molecule is CC(=O)N=Nc1cccc(-c2ccccc2)c1. The van der Waals surface area contributed by atoms with E-state index < -0.39 is 0 Å². The molecule has 0 radical (unpaired) electrons. The predicted molar refractivity (Wildman–Crippen MR) is 67.1 cm³/mol. The standard InChI is InChI=1S/C14H12N2O/c1-11(17)15-16-14-9-5-8-13(10-14)12-6-3-2-4-7-12/h2-10H,1H3. The van der Waals surface area contributed by atoms with Gasteiger partial charge >= 0.3 is 0 Å². The fourth-order valence-corrected chi connectivity index (χ4v) is 1.51. The van der Waals surface area contributed by atoms with E-state index >= 15 is 0 Å². The zero-order valence-electron chi connectivity index (χ0n) is 9.50. The van der Waals surface area contributed by atoms with Crippen molar-refractivity contribution >= 4 is 11.6 Å². The van der Waals surface area contributed by atoms with E-state index in [4.69, 9.17) is 0 Å². The summed E-state index contributed by atoms with van der Waals surface area (Å²) in [6.45, 7) is 1.38. The van der Waals surface area contributed by atoms with Crippen molar-refractivity contribution in [2.75, 3.05) is 0 Å². The van der Waals surface area contributed by atoms with Crippen LogP contribution in [-0.2, 0) is 4.79 Å². The zero-order chi connectivity index (χ0) is 12.1. The summed E-state index contributed by atoms with van der Waals surface area (Å²) in [4.78, 5) is 10.7. The minimum Gasteiger partial charge on any atom is -0.271 e. The Labute approximate surface area is 99.8 Å². The highest BCUT2D eigenvalue weighted by atomic mass is 16.1. The van der Waals surface area contributed by atoms with Gasteiger partial charge in [0.1, 0.15) is 0 Å². The van der Waals surface area contributed by atoms with Crippen molar-refractivity contribution in [3.8, 4) is 11.1 Å². The van der Waals surface area contributed by atoms with E-state index in [0.29, 0.717) is 5.69 Å². The summed E-state index contributed by atoms with van der Waals surface area (Å²) in [6, 6.07) is 17.6. The second kappa shape index (κ2) is 5.16. The Morgan fingerprint density at radius 1 is 0.941 bits per heavy atom. The second-order valence-corrected chi connectivity index (χ2v) is 3.64. The first-order valence-corrected chi connectivity index (χ1v) is 5.33. The van der Waals surface area contributed by atoms with Gasteiger partial charge in [-0.15, -0.1) is 10.2 Å². The van der Waals surface area contributed by atoms with E-state index in [0.717, 1.165) is 11.1 Å². The van der Waals surface area contributed by atoms with Gasteiger partial charge in [0.2, 0.25) is 0 Å². The quantitative estimate of drug-likeness (QED) is 0.711. The van der Waals surface area contributed by atoms with Crippen LogP contribution in [0.5, 0.6) is 0 Å². The first-order valence-electron chi connectivity index (χ1n) is 5.33. The van der Waals surface area contributed by atoms with E-state index in [-0.39, 0.29) is 5.91 Å². The summed E-state index contributed by atoms with van der Waals surface area (Å²) >= 11 is 0. The second-order valence-electron chi connectivity index (χ2n) is 3.64. The van der Waals surface area contributed by atoms with Crippen molar-refractivity contribution in [1.82, 2.24) is 0 Å². The van der Waals surface area contributed by atoms with Crippen LogP contribution in [-0.4, -0.2) is 5.91 Å². The Bertz CT molecular complexity index is 547. The summed E-state index contributed by atoms with van der Waals surface area (Å²) in [5, 5.41) is 7.38. The number of carbonyl (C=O) groups is 1. The summed E-state index contributed by atoms with van der Waals surface area (Å²) in [5.74, 6) is -0.296. The fraction of sp³-hybridized carbons (Fsp3) is 0.0714. The Hall–Kier alpha value is -2.29. The molecule has 0 saturated heterocycles. The third-order valence-corrected chi connectivity index (χ3v) is 2.26. The lowest BCUT2D eigenvalue weighted by atomic mass is 10.1. The van der Waals surface area contributed by atoms with E-state index in [1.165, 1.54) is 6.92 Å². The number of rotatable bonds is 2. The smallest absolute Gasteiger partial charge is 0.261 e. The number of hydrogen-bond acceptors (Lipinski definition) is 2. The molecule has 0 spiro atoms. The van der Waals surface area contributed by atoms with Crippen LogP contribution < -0.4 is 0 Å². The highest BCUT2D eigenvalue weighted by Crippen LogP contribution is 2.23. The third kappa shape index (κ3) is 3.08. The van der Waals surface area contributed by atoms with Gasteiger partial charge in [0.15, 0.2) is 0 Å². The minimum absolute atomic E-state index is 0.296. The van der Waals surface area contributed by atoms with Crippen LogP contribution in [0.25, 0.3) is 11.1 Å². The molecule has 17 heavy (non-hydrogen) atoms. The topological polar surface area (TPSA) is 41.8 Å². The summed E-state index contributed by atoms with van der Waals surface area (Å²) in [5.41, 5.74) is 2.86. The Balaban J connectivity index is 2.32. The normalized spacial score (nSPS) is 10.6. The summed E-state index contributed by atoms with van der Waals surface area (Å²) in [6.07, 6.45) is 0. The minimum atomic E-state index is -0.296. The van der Waals surface area contributed by atoms with Crippen LogP contribution in [0.4, 0.5) is 5.69 Å². The van der Waals surface area contributed by atoms with E-state index in [2.05, 4.69) is 10.2 Å². The van der Waals surface area contributed by atoms with E-state index in [1.54, 1.807) is 0 Å². The summed E-state index contributed by atoms with van der Waals surface area (Å²) < 4.78 is 0. The Kier molecular flexibility index (Phi) is 3.40. The monoisotopic (exact) mass is 224 g/mol. The number of azo groups is 1. The maximum Gasteiger partial charge on any atom is 0.261 e. The van der Waals surface area contributed by atoms with Gasteiger partial charge in [-0.05, 0) is 23.3 Å².